The van der Waals surface area contributed by atoms with Gasteiger partial charge in [-0.3, -0.25) is 9.69 Å². The number of urea groups is 1. The zero-order valence-electron chi connectivity index (χ0n) is 13.5. The summed E-state index contributed by atoms with van der Waals surface area (Å²) < 4.78 is 13.0. The van der Waals surface area contributed by atoms with Crippen molar-refractivity contribution in [3.63, 3.8) is 0 Å². The van der Waals surface area contributed by atoms with Gasteiger partial charge in [0.2, 0.25) is 0 Å². The number of hydrogen-bond acceptors (Lipinski definition) is 2. The van der Waals surface area contributed by atoms with Gasteiger partial charge in [-0.25, -0.2) is 9.18 Å². The number of imide groups is 1. The maximum absolute atomic E-state index is 13.0. The van der Waals surface area contributed by atoms with Crippen LogP contribution in [0.1, 0.15) is 24.5 Å². The lowest BCUT2D eigenvalue weighted by Crippen LogP contribution is -2.44. The predicted molar refractivity (Wildman–Crippen MR) is 88.6 cm³/mol. The molecule has 0 radical (unpaired) electrons. The van der Waals surface area contributed by atoms with Gasteiger partial charge in [-0.05, 0) is 43.0 Å². The molecule has 0 bridgehead atoms. The third-order valence-electron chi connectivity index (χ3n) is 4.36. The molecular formula is C19H19FN2O2. The van der Waals surface area contributed by atoms with E-state index >= 15 is 0 Å². The molecule has 1 saturated heterocycles. The Kier molecular flexibility index (Phi) is 4.34. The lowest BCUT2D eigenvalue weighted by Gasteiger charge is -2.21. The van der Waals surface area contributed by atoms with Crippen molar-refractivity contribution in [2.75, 3.05) is 0 Å². The van der Waals surface area contributed by atoms with Crippen LogP contribution in [0.15, 0.2) is 54.6 Å². The van der Waals surface area contributed by atoms with Crippen LogP contribution >= 0.6 is 0 Å². The number of amides is 3. The molecule has 24 heavy (non-hydrogen) atoms. The van der Waals surface area contributed by atoms with Crippen LogP contribution in [0.2, 0.25) is 0 Å². The van der Waals surface area contributed by atoms with Gasteiger partial charge in [-0.2, -0.15) is 0 Å². The van der Waals surface area contributed by atoms with Crippen LogP contribution in [0.3, 0.4) is 0 Å². The Bertz CT molecular complexity index is 746. The predicted octanol–water partition coefficient (Wildman–Crippen LogP) is 3.27. The molecule has 1 fully saturated rings. The van der Waals surface area contributed by atoms with Crippen LogP contribution in [0.25, 0.3) is 0 Å². The summed E-state index contributed by atoms with van der Waals surface area (Å²) >= 11 is 0. The molecule has 3 rings (SSSR count). The van der Waals surface area contributed by atoms with E-state index in [2.05, 4.69) is 5.32 Å². The van der Waals surface area contributed by atoms with Gasteiger partial charge < -0.3 is 5.32 Å². The monoisotopic (exact) mass is 326 g/mol. The van der Waals surface area contributed by atoms with E-state index in [4.69, 9.17) is 0 Å². The van der Waals surface area contributed by atoms with Gasteiger partial charge in [0.25, 0.3) is 5.91 Å². The first kappa shape index (κ1) is 16.2. The molecule has 0 aliphatic carbocycles. The first-order valence-electron chi connectivity index (χ1n) is 7.90. The van der Waals surface area contributed by atoms with Gasteiger partial charge in [0.05, 0.1) is 6.54 Å². The lowest BCUT2D eigenvalue weighted by atomic mass is 9.93. The largest absolute Gasteiger partial charge is 0.325 e. The van der Waals surface area contributed by atoms with Crippen molar-refractivity contribution in [1.29, 1.82) is 0 Å². The summed E-state index contributed by atoms with van der Waals surface area (Å²) in [5.74, 6) is -0.587. The third kappa shape index (κ3) is 3.30. The summed E-state index contributed by atoms with van der Waals surface area (Å²) in [4.78, 5) is 26.1. The van der Waals surface area contributed by atoms with E-state index in [0.29, 0.717) is 18.4 Å². The fourth-order valence-electron chi connectivity index (χ4n) is 2.87. The number of nitrogens with zero attached hydrogens (tertiary/aromatic N) is 1. The number of aryl methyl sites for hydroxylation is 1. The highest BCUT2D eigenvalue weighted by Crippen LogP contribution is 2.24. The Balaban J connectivity index is 1.69. The number of halogens is 1. The standard InChI is InChI=1S/C19H19FN2O2/c1-19(12-11-14-5-3-2-4-6-14)17(23)22(18(24)21-19)13-15-7-9-16(20)10-8-15/h2-10H,11-13H2,1H3,(H,21,24)/t19-/m1/s1. The first-order chi connectivity index (χ1) is 11.5. The van der Waals surface area contributed by atoms with Crippen molar-refractivity contribution < 1.29 is 14.0 Å². The average molecular weight is 326 g/mol. The van der Waals surface area contributed by atoms with Crippen molar-refractivity contribution in [3.8, 4) is 0 Å². The van der Waals surface area contributed by atoms with Crippen LogP contribution in [0, 0.1) is 5.82 Å². The zero-order chi connectivity index (χ0) is 17.2. The Morgan fingerprint density at radius 3 is 2.33 bits per heavy atom. The molecule has 0 saturated carbocycles. The smallest absolute Gasteiger partial charge is 0.323 e. The normalized spacial score (nSPS) is 20.3. The van der Waals surface area contributed by atoms with E-state index in [1.807, 2.05) is 30.3 Å². The van der Waals surface area contributed by atoms with E-state index in [1.54, 1.807) is 19.1 Å². The van der Waals surface area contributed by atoms with Crippen LogP contribution in [-0.4, -0.2) is 22.4 Å². The highest BCUT2D eigenvalue weighted by atomic mass is 19.1. The zero-order valence-corrected chi connectivity index (χ0v) is 13.5. The Morgan fingerprint density at radius 1 is 1.00 bits per heavy atom. The Morgan fingerprint density at radius 2 is 1.67 bits per heavy atom. The summed E-state index contributed by atoms with van der Waals surface area (Å²) in [6.45, 7) is 1.90. The number of carbonyl (C=O) groups excluding carboxylic acids is 2. The van der Waals surface area contributed by atoms with Gasteiger partial charge in [0.15, 0.2) is 0 Å². The molecule has 1 atom stereocenters. The molecule has 3 amide bonds. The minimum absolute atomic E-state index is 0.145. The molecule has 1 aliphatic rings. The van der Waals surface area contributed by atoms with Crippen molar-refractivity contribution in [2.24, 2.45) is 0 Å². The van der Waals surface area contributed by atoms with E-state index in [0.717, 1.165) is 5.56 Å². The second-order valence-corrected chi connectivity index (χ2v) is 6.27. The van der Waals surface area contributed by atoms with Crippen molar-refractivity contribution in [1.82, 2.24) is 10.2 Å². The second-order valence-electron chi connectivity index (χ2n) is 6.27. The minimum Gasteiger partial charge on any atom is -0.323 e. The summed E-state index contributed by atoms with van der Waals surface area (Å²) in [6.07, 6.45) is 1.23. The van der Waals surface area contributed by atoms with Gasteiger partial charge in [0.1, 0.15) is 11.4 Å². The van der Waals surface area contributed by atoms with Crippen molar-refractivity contribution in [2.45, 2.75) is 31.8 Å². The fraction of sp³-hybridized carbons (Fsp3) is 0.263. The molecule has 4 nitrogen and oxygen atoms in total. The van der Waals surface area contributed by atoms with Crippen LogP contribution in [0.4, 0.5) is 9.18 Å². The molecule has 2 aromatic rings. The molecule has 1 heterocycles. The van der Waals surface area contributed by atoms with Crippen LogP contribution < -0.4 is 5.32 Å². The van der Waals surface area contributed by atoms with Gasteiger partial charge in [0, 0.05) is 0 Å². The molecule has 0 aromatic heterocycles. The van der Waals surface area contributed by atoms with Crippen molar-refractivity contribution in [3.05, 3.63) is 71.5 Å². The van der Waals surface area contributed by atoms with E-state index in [1.165, 1.54) is 17.0 Å². The fourth-order valence-corrected chi connectivity index (χ4v) is 2.87. The van der Waals surface area contributed by atoms with Gasteiger partial charge >= 0.3 is 6.03 Å². The summed E-state index contributed by atoms with van der Waals surface area (Å²) in [6, 6.07) is 15.2. The lowest BCUT2D eigenvalue weighted by molar-refractivity contribution is -0.131. The molecule has 124 valence electrons. The van der Waals surface area contributed by atoms with E-state index < -0.39 is 11.6 Å². The first-order valence-corrected chi connectivity index (χ1v) is 7.90. The number of rotatable bonds is 5. The third-order valence-corrected chi connectivity index (χ3v) is 4.36. The van der Waals surface area contributed by atoms with Crippen LogP contribution in [0.5, 0.6) is 0 Å². The molecule has 2 aromatic carbocycles. The van der Waals surface area contributed by atoms with E-state index in [9.17, 15) is 14.0 Å². The average Bonchev–Trinajstić information content (AvgIpc) is 2.80. The number of benzene rings is 2. The quantitative estimate of drug-likeness (QED) is 0.857. The molecule has 5 heteroatoms. The van der Waals surface area contributed by atoms with Gasteiger partial charge in [-0.1, -0.05) is 42.5 Å². The highest BCUT2D eigenvalue weighted by molar-refractivity contribution is 6.06. The molecule has 1 N–H and O–H groups in total. The maximum atomic E-state index is 13.0. The van der Waals surface area contributed by atoms with Gasteiger partial charge in [-0.15, -0.1) is 0 Å². The van der Waals surface area contributed by atoms with Crippen LogP contribution in [-0.2, 0) is 17.8 Å². The number of carbonyl (C=O) groups is 2. The number of nitrogens with one attached hydrogen (secondary N) is 1. The van der Waals surface area contributed by atoms with E-state index in [-0.39, 0.29) is 18.3 Å². The van der Waals surface area contributed by atoms with Crippen molar-refractivity contribution >= 4 is 11.9 Å². The second kappa shape index (κ2) is 6.43. The molecule has 1 aliphatic heterocycles. The molecule has 0 unspecified atom stereocenters. The highest BCUT2D eigenvalue weighted by Gasteiger charge is 2.47. The summed E-state index contributed by atoms with van der Waals surface area (Å²) in [5, 5.41) is 2.80. The Hall–Kier alpha value is -2.69. The SMILES string of the molecule is C[C@]1(CCc2ccccc2)NC(=O)N(Cc2ccc(F)cc2)C1=O. The summed E-state index contributed by atoms with van der Waals surface area (Å²) in [5.41, 5.74) is 0.928. The Labute approximate surface area is 140 Å². The molecular weight excluding hydrogens is 307 g/mol. The summed E-state index contributed by atoms with van der Waals surface area (Å²) in [7, 11) is 0. The molecule has 0 spiro atoms. The maximum Gasteiger partial charge on any atom is 0.325 e. The topological polar surface area (TPSA) is 49.4 Å². The minimum atomic E-state index is -0.910. The number of hydrogen-bond donors (Lipinski definition) is 1.